The van der Waals surface area contributed by atoms with Crippen molar-refractivity contribution in [3.8, 4) is 0 Å². The fourth-order valence-electron chi connectivity index (χ4n) is 3.47. The van der Waals surface area contributed by atoms with E-state index in [4.69, 9.17) is 0 Å². The highest BCUT2D eigenvalue weighted by Crippen LogP contribution is 2.25. The Kier molecular flexibility index (Phi) is 6.81. The van der Waals surface area contributed by atoms with Crippen LogP contribution in [-0.4, -0.2) is 31.7 Å². The van der Waals surface area contributed by atoms with Crippen LogP contribution in [0.5, 0.6) is 0 Å². The Bertz CT molecular complexity index is 966. The summed E-state index contributed by atoms with van der Waals surface area (Å²) in [6, 6.07) is 14.5. The van der Waals surface area contributed by atoms with Crippen LogP contribution in [0.4, 0.5) is 0 Å². The van der Waals surface area contributed by atoms with Crippen LogP contribution in [0.25, 0.3) is 0 Å². The molecule has 1 saturated heterocycles. The van der Waals surface area contributed by atoms with Gasteiger partial charge in [-0.2, -0.15) is 4.31 Å². The molecule has 1 N–H and O–H groups in total. The molecule has 0 aromatic heterocycles. The van der Waals surface area contributed by atoms with Crippen molar-refractivity contribution in [2.75, 3.05) is 13.1 Å². The number of sulfonamides is 1. The first-order chi connectivity index (χ1) is 13.7. The quantitative estimate of drug-likeness (QED) is 0.675. The predicted molar refractivity (Wildman–Crippen MR) is 118 cm³/mol. The highest BCUT2D eigenvalue weighted by atomic mass is 79.9. The largest absolute Gasteiger partial charge is 0.351 e. The van der Waals surface area contributed by atoms with Crippen LogP contribution in [0.1, 0.15) is 44.2 Å². The molecule has 156 valence electrons. The van der Waals surface area contributed by atoms with E-state index in [-0.39, 0.29) is 12.5 Å². The Morgan fingerprint density at radius 3 is 2.38 bits per heavy atom. The third kappa shape index (κ3) is 5.08. The summed E-state index contributed by atoms with van der Waals surface area (Å²) in [6.07, 6.45) is 2.88. The average molecular weight is 479 g/mol. The van der Waals surface area contributed by atoms with Gasteiger partial charge in [-0.25, -0.2) is 8.42 Å². The molecule has 0 saturated carbocycles. The Balaban J connectivity index is 1.70. The number of amides is 1. The molecule has 5 nitrogen and oxygen atoms in total. The molecule has 1 aliphatic rings. The molecule has 0 spiro atoms. The monoisotopic (exact) mass is 478 g/mol. The van der Waals surface area contributed by atoms with Crippen LogP contribution in [0.15, 0.2) is 57.9 Å². The Morgan fingerprint density at radius 2 is 1.72 bits per heavy atom. The first-order valence-corrected chi connectivity index (χ1v) is 12.1. The third-order valence-corrected chi connectivity index (χ3v) is 7.86. The summed E-state index contributed by atoms with van der Waals surface area (Å²) < 4.78 is 28.3. The van der Waals surface area contributed by atoms with Gasteiger partial charge >= 0.3 is 0 Å². The van der Waals surface area contributed by atoms with E-state index in [2.05, 4.69) is 21.2 Å². The number of carbonyl (C=O) groups is 1. The molecule has 1 amide bonds. The summed E-state index contributed by atoms with van der Waals surface area (Å²) in [5.41, 5.74) is 0.987. The lowest BCUT2D eigenvalue weighted by Crippen LogP contribution is -2.39. The second-order valence-electron chi connectivity index (χ2n) is 7.93. The summed E-state index contributed by atoms with van der Waals surface area (Å²) in [7, 11) is -3.48. The number of carbonyl (C=O) groups excluding carboxylic acids is 1. The van der Waals surface area contributed by atoms with Gasteiger partial charge in [0.25, 0.3) is 0 Å². The lowest BCUT2D eigenvalue weighted by atomic mass is 9.84. The molecule has 1 fully saturated rings. The summed E-state index contributed by atoms with van der Waals surface area (Å²) in [5.74, 6) is -0.107. The molecule has 0 unspecified atom stereocenters. The number of nitrogens with zero attached hydrogens (tertiary/aromatic N) is 1. The van der Waals surface area contributed by atoms with Crippen LogP contribution >= 0.6 is 15.9 Å². The number of halogens is 1. The molecule has 1 aliphatic heterocycles. The zero-order valence-electron chi connectivity index (χ0n) is 16.8. The minimum Gasteiger partial charge on any atom is -0.351 e. The van der Waals surface area contributed by atoms with E-state index in [0.29, 0.717) is 18.0 Å². The summed E-state index contributed by atoms with van der Waals surface area (Å²) >= 11 is 3.41. The molecule has 2 aromatic carbocycles. The van der Waals surface area contributed by atoms with Crippen LogP contribution < -0.4 is 5.32 Å². The van der Waals surface area contributed by atoms with Gasteiger partial charge in [0.05, 0.1) is 10.3 Å². The zero-order valence-corrected chi connectivity index (χ0v) is 19.2. The van der Waals surface area contributed by atoms with E-state index in [1.165, 1.54) is 0 Å². The van der Waals surface area contributed by atoms with Crippen molar-refractivity contribution in [2.24, 2.45) is 0 Å². The van der Waals surface area contributed by atoms with E-state index in [9.17, 15) is 13.2 Å². The molecule has 1 heterocycles. The van der Waals surface area contributed by atoms with Crippen molar-refractivity contribution >= 4 is 31.9 Å². The van der Waals surface area contributed by atoms with Gasteiger partial charge in [-0.05, 0) is 62.1 Å². The van der Waals surface area contributed by atoms with Crippen LogP contribution in [-0.2, 0) is 26.8 Å². The van der Waals surface area contributed by atoms with Crippen molar-refractivity contribution in [3.05, 3.63) is 64.1 Å². The number of nitrogens with one attached hydrogen (secondary N) is 1. The van der Waals surface area contributed by atoms with E-state index in [1.54, 1.807) is 22.5 Å². The first-order valence-electron chi connectivity index (χ1n) is 9.85. The maximum absolute atomic E-state index is 12.9. The predicted octanol–water partition coefficient (Wildman–Crippen LogP) is 4.22. The molecular formula is C22H27BrN2O3S. The summed E-state index contributed by atoms with van der Waals surface area (Å²) in [5, 5.41) is 2.95. The van der Waals surface area contributed by atoms with Crippen LogP contribution in [0, 0.1) is 0 Å². The molecule has 29 heavy (non-hydrogen) atoms. The van der Waals surface area contributed by atoms with E-state index >= 15 is 0 Å². The third-order valence-electron chi connectivity index (χ3n) is 5.44. The smallest absolute Gasteiger partial charge is 0.243 e. The fourth-order valence-corrected chi connectivity index (χ4v) is 5.32. The van der Waals surface area contributed by atoms with Crippen molar-refractivity contribution < 1.29 is 13.2 Å². The minimum atomic E-state index is -3.48. The first kappa shape index (κ1) is 22.0. The number of benzene rings is 2. The van der Waals surface area contributed by atoms with Gasteiger partial charge in [-0.1, -0.05) is 46.6 Å². The van der Waals surface area contributed by atoms with Gasteiger partial charge in [0.2, 0.25) is 15.9 Å². The Hall–Kier alpha value is -1.70. The fraction of sp³-hybridized carbons (Fsp3) is 0.409. The maximum Gasteiger partial charge on any atom is 0.243 e. The van der Waals surface area contributed by atoms with Crippen molar-refractivity contribution in [1.82, 2.24) is 9.62 Å². The van der Waals surface area contributed by atoms with Gasteiger partial charge in [0.15, 0.2) is 0 Å². The topological polar surface area (TPSA) is 66.5 Å². The highest BCUT2D eigenvalue weighted by Gasteiger charge is 2.30. The molecule has 0 bridgehead atoms. The zero-order chi connectivity index (χ0) is 21.1. The number of rotatable bonds is 6. The van der Waals surface area contributed by atoms with Gasteiger partial charge in [-0.15, -0.1) is 0 Å². The van der Waals surface area contributed by atoms with Gasteiger partial charge in [-0.3, -0.25) is 4.79 Å². The Labute approximate surface area is 181 Å². The van der Waals surface area contributed by atoms with Crippen molar-refractivity contribution in [2.45, 2.75) is 50.0 Å². The molecule has 0 aliphatic carbocycles. The second-order valence-corrected chi connectivity index (χ2v) is 10.8. The Morgan fingerprint density at radius 1 is 1.07 bits per heavy atom. The summed E-state index contributed by atoms with van der Waals surface area (Å²) in [4.78, 5) is 13.1. The van der Waals surface area contributed by atoms with Crippen LogP contribution in [0.2, 0.25) is 0 Å². The van der Waals surface area contributed by atoms with E-state index in [0.717, 1.165) is 34.9 Å². The number of hydrogen-bond acceptors (Lipinski definition) is 3. The lowest BCUT2D eigenvalue weighted by Gasteiger charge is -2.26. The highest BCUT2D eigenvalue weighted by molar-refractivity contribution is 9.10. The molecule has 0 radical (unpaired) electrons. The molecular weight excluding hydrogens is 452 g/mol. The average Bonchev–Trinajstić information content (AvgIpc) is 2.73. The van der Waals surface area contributed by atoms with Crippen LogP contribution in [0.3, 0.4) is 0 Å². The SMILES string of the molecule is CC(C)(C(=O)NCc1cccc(S(=O)(=O)N2CCCCC2)c1)c1ccc(Br)cc1. The second kappa shape index (κ2) is 8.98. The van der Waals surface area contributed by atoms with Gasteiger partial charge in [0.1, 0.15) is 0 Å². The molecule has 7 heteroatoms. The summed E-state index contributed by atoms with van der Waals surface area (Å²) in [6.45, 7) is 5.18. The van der Waals surface area contributed by atoms with Crippen molar-refractivity contribution in [1.29, 1.82) is 0 Å². The van der Waals surface area contributed by atoms with Crippen molar-refractivity contribution in [3.63, 3.8) is 0 Å². The van der Waals surface area contributed by atoms with E-state index in [1.807, 2.05) is 44.2 Å². The number of hydrogen-bond donors (Lipinski definition) is 1. The van der Waals surface area contributed by atoms with E-state index < -0.39 is 15.4 Å². The lowest BCUT2D eigenvalue weighted by molar-refractivity contribution is -0.125. The molecule has 2 aromatic rings. The number of piperidine rings is 1. The van der Waals surface area contributed by atoms with Gasteiger partial charge in [0, 0.05) is 24.1 Å². The standard InChI is InChI=1S/C22H27BrN2O3S/c1-22(2,18-9-11-19(23)12-10-18)21(26)24-16-17-7-6-8-20(15-17)29(27,28)25-13-4-3-5-14-25/h6-12,15H,3-5,13-14,16H2,1-2H3,(H,24,26). The normalized spacial score (nSPS) is 15.8. The maximum atomic E-state index is 12.9. The minimum absolute atomic E-state index is 0.107. The molecule has 3 rings (SSSR count). The van der Waals surface area contributed by atoms with Gasteiger partial charge < -0.3 is 5.32 Å². The molecule has 0 atom stereocenters.